The van der Waals surface area contributed by atoms with Crippen LogP contribution >= 0.6 is 0 Å². The fourth-order valence-corrected chi connectivity index (χ4v) is 3.24. The Balaban J connectivity index is 1.85. The molecule has 3 unspecified atom stereocenters. The van der Waals surface area contributed by atoms with Crippen LogP contribution in [0.15, 0.2) is 0 Å². The molecule has 0 amide bonds. The lowest BCUT2D eigenvalue weighted by Gasteiger charge is -2.35. The van der Waals surface area contributed by atoms with E-state index in [9.17, 15) is 5.11 Å². The summed E-state index contributed by atoms with van der Waals surface area (Å²) >= 11 is 0. The van der Waals surface area contributed by atoms with Crippen LogP contribution in [-0.4, -0.2) is 23.3 Å². The molecule has 2 saturated carbocycles. The number of aliphatic hydroxyl groups is 1. The maximum atomic E-state index is 9.64. The largest absolute Gasteiger partial charge is 0.393 e. The molecule has 3 atom stereocenters. The Labute approximate surface area is 93.5 Å². The molecule has 0 radical (unpaired) electrons. The molecule has 0 bridgehead atoms. The first-order valence-electron chi connectivity index (χ1n) is 6.52. The molecule has 0 aromatic heterocycles. The molecule has 0 aromatic carbocycles. The van der Waals surface area contributed by atoms with E-state index in [-0.39, 0.29) is 6.10 Å². The van der Waals surface area contributed by atoms with Gasteiger partial charge in [-0.25, -0.2) is 0 Å². The third-order valence-corrected chi connectivity index (χ3v) is 4.34. The SMILES string of the molecule is CC1(C)CCCC1NC1CCCC(O)C1. The fraction of sp³-hybridized carbons (Fsp3) is 1.00. The van der Waals surface area contributed by atoms with E-state index >= 15 is 0 Å². The van der Waals surface area contributed by atoms with Gasteiger partial charge in [0.05, 0.1) is 6.10 Å². The standard InChI is InChI=1S/C13H25NO/c1-13(2)8-4-7-12(13)14-10-5-3-6-11(15)9-10/h10-12,14-15H,3-9H2,1-2H3. The second-order valence-corrected chi connectivity index (χ2v) is 6.12. The Kier molecular flexibility index (Phi) is 3.36. The van der Waals surface area contributed by atoms with E-state index in [2.05, 4.69) is 19.2 Å². The first kappa shape index (κ1) is 11.4. The number of rotatable bonds is 2. The summed E-state index contributed by atoms with van der Waals surface area (Å²) in [5.74, 6) is 0. The Morgan fingerprint density at radius 2 is 1.93 bits per heavy atom. The van der Waals surface area contributed by atoms with Crippen molar-refractivity contribution in [3.05, 3.63) is 0 Å². The zero-order valence-corrected chi connectivity index (χ0v) is 10.1. The Hall–Kier alpha value is -0.0800. The molecule has 2 aliphatic rings. The summed E-state index contributed by atoms with van der Waals surface area (Å²) in [5.41, 5.74) is 0.461. The molecular formula is C13H25NO. The van der Waals surface area contributed by atoms with Gasteiger partial charge in [0, 0.05) is 12.1 Å². The minimum atomic E-state index is -0.0548. The van der Waals surface area contributed by atoms with Crippen molar-refractivity contribution >= 4 is 0 Å². The molecule has 2 fully saturated rings. The van der Waals surface area contributed by atoms with Crippen LogP contribution in [0.5, 0.6) is 0 Å². The van der Waals surface area contributed by atoms with E-state index in [1.165, 1.54) is 32.1 Å². The van der Waals surface area contributed by atoms with Crippen LogP contribution in [0.1, 0.15) is 58.8 Å². The minimum Gasteiger partial charge on any atom is -0.393 e. The van der Waals surface area contributed by atoms with Gasteiger partial charge >= 0.3 is 0 Å². The number of nitrogens with one attached hydrogen (secondary N) is 1. The lowest BCUT2D eigenvalue weighted by molar-refractivity contribution is 0.102. The molecule has 15 heavy (non-hydrogen) atoms. The van der Waals surface area contributed by atoms with Crippen molar-refractivity contribution < 1.29 is 5.11 Å². The Bertz CT molecular complexity index is 215. The summed E-state index contributed by atoms with van der Waals surface area (Å²) < 4.78 is 0. The van der Waals surface area contributed by atoms with Crippen LogP contribution in [-0.2, 0) is 0 Å². The van der Waals surface area contributed by atoms with Gasteiger partial charge in [0.2, 0.25) is 0 Å². The predicted molar refractivity (Wildman–Crippen MR) is 62.8 cm³/mol. The molecular weight excluding hydrogens is 186 g/mol. The highest BCUT2D eigenvalue weighted by Gasteiger charge is 2.36. The van der Waals surface area contributed by atoms with E-state index in [1.54, 1.807) is 0 Å². The third kappa shape index (κ3) is 2.73. The summed E-state index contributed by atoms with van der Waals surface area (Å²) in [5, 5.41) is 13.4. The van der Waals surface area contributed by atoms with Gasteiger partial charge in [-0.15, -0.1) is 0 Å². The van der Waals surface area contributed by atoms with Crippen LogP contribution in [0.25, 0.3) is 0 Å². The van der Waals surface area contributed by atoms with Crippen molar-refractivity contribution in [3.8, 4) is 0 Å². The van der Waals surface area contributed by atoms with E-state index in [0.717, 1.165) is 12.8 Å². The van der Waals surface area contributed by atoms with Crippen LogP contribution in [0.2, 0.25) is 0 Å². The van der Waals surface area contributed by atoms with Gasteiger partial charge in [-0.1, -0.05) is 20.3 Å². The van der Waals surface area contributed by atoms with E-state index < -0.39 is 0 Å². The third-order valence-electron chi connectivity index (χ3n) is 4.34. The normalized spacial score (nSPS) is 40.6. The van der Waals surface area contributed by atoms with Gasteiger partial charge in [-0.05, 0) is 43.9 Å². The first-order chi connectivity index (χ1) is 7.08. The lowest BCUT2D eigenvalue weighted by atomic mass is 9.85. The van der Waals surface area contributed by atoms with Crippen molar-refractivity contribution in [2.75, 3.05) is 0 Å². The molecule has 2 N–H and O–H groups in total. The number of hydrogen-bond acceptors (Lipinski definition) is 2. The number of aliphatic hydroxyl groups excluding tert-OH is 1. The predicted octanol–water partition coefficient (Wildman–Crippen LogP) is 2.46. The van der Waals surface area contributed by atoms with Gasteiger partial charge in [0.25, 0.3) is 0 Å². The summed E-state index contributed by atoms with van der Waals surface area (Å²) in [4.78, 5) is 0. The zero-order valence-electron chi connectivity index (χ0n) is 10.1. The van der Waals surface area contributed by atoms with Crippen LogP contribution in [0.3, 0.4) is 0 Å². The summed E-state index contributed by atoms with van der Waals surface area (Å²) in [6.45, 7) is 4.74. The minimum absolute atomic E-state index is 0.0548. The monoisotopic (exact) mass is 211 g/mol. The molecule has 2 heteroatoms. The highest BCUT2D eigenvalue weighted by Crippen LogP contribution is 2.38. The molecule has 2 nitrogen and oxygen atoms in total. The zero-order chi connectivity index (χ0) is 10.9. The molecule has 2 aliphatic carbocycles. The van der Waals surface area contributed by atoms with Crippen LogP contribution < -0.4 is 5.32 Å². The van der Waals surface area contributed by atoms with Crippen LogP contribution in [0, 0.1) is 5.41 Å². The maximum Gasteiger partial charge on any atom is 0.0555 e. The highest BCUT2D eigenvalue weighted by molar-refractivity contribution is 4.93. The van der Waals surface area contributed by atoms with E-state index in [1.807, 2.05) is 0 Å². The Morgan fingerprint density at radius 1 is 1.13 bits per heavy atom. The van der Waals surface area contributed by atoms with Gasteiger partial charge < -0.3 is 10.4 Å². The second-order valence-electron chi connectivity index (χ2n) is 6.12. The van der Waals surface area contributed by atoms with Crippen molar-refractivity contribution in [3.63, 3.8) is 0 Å². The average molecular weight is 211 g/mol. The second kappa shape index (κ2) is 4.42. The molecule has 0 saturated heterocycles. The topological polar surface area (TPSA) is 32.3 Å². The lowest BCUT2D eigenvalue weighted by Crippen LogP contribution is -2.46. The molecule has 0 aromatic rings. The summed E-state index contributed by atoms with van der Waals surface area (Å²) in [6, 6.07) is 1.24. The van der Waals surface area contributed by atoms with Gasteiger partial charge in [-0.2, -0.15) is 0 Å². The fourth-order valence-electron chi connectivity index (χ4n) is 3.24. The molecule has 0 aliphatic heterocycles. The quantitative estimate of drug-likeness (QED) is 0.735. The summed E-state index contributed by atoms with van der Waals surface area (Å²) in [7, 11) is 0. The van der Waals surface area contributed by atoms with Crippen molar-refractivity contribution in [1.82, 2.24) is 5.32 Å². The molecule has 88 valence electrons. The van der Waals surface area contributed by atoms with Crippen molar-refractivity contribution in [2.24, 2.45) is 5.41 Å². The molecule has 0 spiro atoms. The summed E-state index contributed by atoms with van der Waals surface area (Å²) in [6.07, 6.45) is 8.38. The van der Waals surface area contributed by atoms with E-state index in [0.29, 0.717) is 17.5 Å². The highest BCUT2D eigenvalue weighted by atomic mass is 16.3. The van der Waals surface area contributed by atoms with E-state index in [4.69, 9.17) is 0 Å². The first-order valence-corrected chi connectivity index (χ1v) is 6.52. The van der Waals surface area contributed by atoms with Crippen molar-refractivity contribution in [2.45, 2.75) is 77.0 Å². The van der Waals surface area contributed by atoms with Crippen LogP contribution in [0.4, 0.5) is 0 Å². The van der Waals surface area contributed by atoms with Gasteiger partial charge in [0.1, 0.15) is 0 Å². The Morgan fingerprint density at radius 3 is 2.53 bits per heavy atom. The smallest absolute Gasteiger partial charge is 0.0555 e. The molecule has 2 rings (SSSR count). The number of hydrogen-bond donors (Lipinski definition) is 2. The van der Waals surface area contributed by atoms with Crippen molar-refractivity contribution in [1.29, 1.82) is 0 Å². The average Bonchev–Trinajstić information content (AvgIpc) is 2.46. The van der Waals surface area contributed by atoms with Gasteiger partial charge in [0.15, 0.2) is 0 Å². The molecule has 0 heterocycles. The maximum absolute atomic E-state index is 9.64. The van der Waals surface area contributed by atoms with Gasteiger partial charge in [-0.3, -0.25) is 0 Å².